The molecule has 0 aromatic carbocycles. The van der Waals surface area contributed by atoms with Crippen molar-refractivity contribution in [3.63, 3.8) is 0 Å². The Labute approximate surface area is 170 Å². The monoisotopic (exact) mass is 416 g/mol. The molecule has 160 valence electrons. The Balaban J connectivity index is 2.83. The molecule has 9 nitrogen and oxygen atoms in total. The van der Waals surface area contributed by atoms with Gasteiger partial charge in [0.15, 0.2) is 0 Å². The van der Waals surface area contributed by atoms with E-state index in [0.717, 1.165) is 0 Å². The van der Waals surface area contributed by atoms with Gasteiger partial charge in [-0.3, -0.25) is 14.4 Å². The van der Waals surface area contributed by atoms with Crippen molar-refractivity contribution in [2.24, 2.45) is 11.7 Å². The first kappa shape index (κ1) is 24.2. The minimum Gasteiger partial charge on any atom is -0.480 e. The van der Waals surface area contributed by atoms with Crippen LogP contribution in [0, 0.1) is 5.92 Å². The van der Waals surface area contributed by atoms with Crippen LogP contribution in [-0.4, -0.2) is 76.9 Å². The van der Waals surface area contributed by atoms with Crippen molar-refractivity contribution in [1.82, 2.24) is 15.5 Å². The number of rotatable bonds is 11. The number of carbonyl (C=O) groups is 4. The van der Waals surface area contributed by atoms with E-state index in [2.05, 4.69) is 10.6 Å². The van der Waals surface area contributed by atoms with Crippen LogP contribution in [-0.2, 0) is 19.2 Å². The summed E-state index contributed by atoms with van der Waals surface area (Å²) in [6, 6.07) is -2.52. The number of hydrogen-bond acceptors (Lipinski definition) is 6. The molecule has 1 fully saturated rings. The Morgan fingerprint density at radius 1 is 1.21 bits per heavy atom. The minimum atomic E-state index is -1.10. The van der Waals surface area contributed by atoms with Crippen LogP contribution >= 0.6 is 11.8 Å². The maximum atomic E-state index is 12.7. The van der Waals surface area contributed by atoms with Gasteiger partial charge in [-0.2, -0.15) is 11.8 Å². The summed E-state index contributed by atoms with van der Waals surface area (Å²) >= 11 is 1.49. The quantitative estimate of drug-likeness (QED) is 0.365. The summed E-state index contributed by atoms with van der Waals surface area (Å²) in [5.74, 6) is -1.63. The highest BCUT2D eigenvalue weighted by molar-refractivity contribution is 7.98. The molecule has 28 heavy (non-hydrogen) atoms. The normalized spacial score (nSPS) is 18.6. The van der Waals surface area contributed by atoms with E-state index >= 15 is 0 Å². The molecule has 1 saturated heterocycles. The largest absolute Gasteiger partial charge is 0.480 e. The number of thioether (sulfide) groups is 1. The maximum Gasteiger partial charge on any atom is 0.326 e. The predicted octanol–water partition coefficient (Wildman–Crippen LogP) is -0.210. The molecule has 1 aliphatic rings. The number of likely N-dealkylation sites (tertiary alicyclic amines) is 1. The second kappa shape index (κ2) is 11.9. The zero-order valence-electron chi connectivity index (χ0n) is 16.8. The highest BCUT2D eigenvalue weighted by Crippen LogP contribution is 2.18. The van der Waals surface area contributed by atoms with Gasteiger partial charge in [-0.1, -0.05) is 13.8 Å². The van der Waals surface area contributed by atoms with Crippen LogP contribution in [0.5, 0.6) is 0 Å². The maximum absolute atomic E-state index is 12.7. The molecule has 3 amide bonds. The second-order valence-corrected chi connectivity index (χ2v) is 8.31. The average Bonchev–Trinajstić information content (AvgIpc) is 3.12. The van der Waals surface area contributed by atoms with Gasteiger partial charge in [0.2, 0.25) is 17.7 Å². The molecule has 0 bridgehead atoms. The van der Waals surface area contributed by atoms with Gasteiger partial charge in [-0.15, -0.1) is 0 Å². The van der Waals surface area contributed by atoms with Crippen LogP contribution in [0.4, 0.5) is 0 Å². The van der Waals surface area contributed by atoms with E-state index in [4.69, 9.17) is 5.73 Å². The van der Waals surface area contributed by atoms with E-state index in [0.29, 0.717) is 38.0 Å². The molecule has 1 heterocycles. The summed E-state index contributed by atoms with van der Waals surface area (Å²) in [4.78, 5) is 50.2. The van der Waals surface area contributed by atoms with Crippen molar-refractivity contribution in [1.29, 1.82) is 0 Å². The molecule has 5 N–H and O–H groups in total. The van der Waals surface area contributed by atoms with Crippen molar-refractivity contribution in [3.8, 4) is 0 Å². The smallest absolute Gasteiger partial charge is 0.326 e. The Bertz CT molecular complexity index is 572. The van der Waals surface area contributed by atoms with Crippen LogP contribution in [0.2, 0.25) is 0 Å². The lowest BCUT2D eigenvalue weighted by Crippen LogP contribution is -2.56. The van der Waals surface area contributed by atoms with Crippen molar-refractivity contribution >= 4 is 35.5 Å². The Hall–Kier alpha value is -1.81. The summed E-state index contributed by atoms with van der Waals surface area (Å²) in [6.45, 7) is 4.11. The Morgan fingerprint density at radius 2 is 1.89 bits per heavy atom. The van der Waals surface area contributed by atoms with Gasteiger partial charge in [0.1, 0.15) is 18.1 Å². The first-order valence-electron chi connectivity index (χ1n) is 9.53. The van der Waals surface area contributed by atoms with Crippen LogP contribution in [0.25, 0.3) is 0 Å². The summed E-state index contributed by atoms with van der Waals surface area (Å²) in [6.07, 6.45) is 3.73. The van der Waals surface area contributed by atoms with Gasteiger partial charge in [0.05, 0.1) is 6.54 Å². The van der Waals surface area contributed by atoms with Gasteiger partial charge in [0, 0.05) is 6.54 Å². The fraction of sp³-hybridized carbons (Fsp3) is 0.778. The SMILES string of the molecule is CSCCC(NC(=O)C(CC(C)C)NC(=O)C1CCCN1C(=O)CN)C(=O)O. The molecular weight excluding hydrogens is 384 g/mol. The topological polar surface area (TPSA) is 142 Å². The van der Waals surface area contributed by atoms with E-state index < -0.39 is 35.9 Å². The number of carboxylic acids is 1. The van der Waals surface area contributed by atoms with E-state index in [1.807, 2.05) is 20.1 Å². The number of hydrogen-bond donors (Lipinski definition) is 4. The number of nitrogens with zero attached hydrogens (tertiary/aromatic N) is 1. The molecule has 0 spiro atoms. The van der Waals surface area contributed by atoms with Gasteiger partial charge in [0.25, 0.3) is 0 Å². The number of nitrogens with one attached hydrogen (secondary N) is 2. The summed E-state index contributed by atoms with van der Waals surface area (Å²) in [5, 5.41) is 14.6. The standard InChI is InChI=1S/C18H32N4O5S/c1-11(2)9-13(16(24)20-12(18(26)27)6-8-28-3)21-17(25)14-5-4-7-22(14)15(23)10-19/h11-14H,4-10,19H2,1-3H3,(H,20,24)(H,21,25)(H,26,27). The number of aliphatic carboxylic acids is 1. The van der Waals surface area contributed by atoms with E-state index in [1.54, 1.807) is 0 Å². The first-order valence-corrected chi connectivity index (χ1v) is 10.9. The predicted molar refractivity (Wildman–Crippen MR) is 108 cm³/mol. The second-order valence-electron chi connectivity index (χ2n) is 7.32. The molecule has 3 unspecified atom stereocenters. The molecule has 1 rings (SSSR count). The summed E-state index contributed by atoms with van der Waals surface area (Å²) in [5.41, 5.74) is 5.41. The molecule has 10 heteroatoms. The molecule has 0 saturated carbocycles. The third kappa shape index (κ3) is 7.31. The highest BCUT2D eigenvalue weighted by Gasteiger charge is 2.36. The molecule has 0 aromatic heterocycles. The highest BCUT2D eigenvalue weighted by atomic mass is 32.2. The van der Waals surface area contributed by atoms with E-state index in [9.17, 15) is 24.3 Å². The lowest BCUT2D eigenvalue weighted by Gasteiger charge is -2.27. The lowest BCUT2D eigenvalue weighted by molar-refractivity contribution is -0.143. The number of amides is 3. The first-order chi connectivity index (χ1) is 13.2. The van der Waals surface area contributed by atoms with Crippen molar-refractivity contribution in [3.05, 3.63) is 0 Å². The number of carbonyl (C=O) groups excluding carboxylic acids is 3. The van der Waals surface area contributed by atoms with E-state index in [-0.39, 0.29) is 18.4 Å². The summed E-state index contributed by atoms with van der Waals surface area (Å²) in [7, 11) is 0. The van der Waals surface area contributed by atoms with Crippen LogP contribution < -0.4 is 16.4 Å². The van der Waals surface area contributed by atoms with Gasteiger partial charge >= 0.3 is 5.97 Å². The van der Waals surface area contributed by atoms with Crippen LogP contribution in [0.1, 0.15) is 39.5 Å². The van der Waals surface area contributed by atoms with Crippen molar-refractivity contribution in [2.45, 2.75) is 57.7 Å². The third-order valence-corrected chi connectivity index (χ3v) is 5.26. The van der Waals surface area contributed by atoms with Crippen LogP contribution in [0.3, 0.4) is 0 Å². The molecule has 1 aliphatic heterocycles. The Morgan fingerprint density at radius 3 is 2.43 bits per heavy atom. The number of nitrogens with two attached hydrogens (primary N) is 1. The van der Waals surface area contributed by atoms with Gasteiger partial charge < -0.3 is 26.4 Å². The molecular formula is C18H32N4O5S. The van der Waals surface area contributed by atoms with Gasteiger partial charge in [-0.25, -0.2) is 4.79 Å². The van der Waals surface area contributed by atoms with Crippen molar-refractivity contribution < 1.29 is 24.3 Å². The van der Waals surface area contributed by atoms with E-state index in [1.165, 1.54) is 16.7 Å². The Kier molecular flexibility index (Phi) is 10.3. The van der Waals surface area contributed by atoms with Gasteiger partial charge in [-0.05, 0) is 43.6 Å². The zero-order valence-corrected chi connectivity index (χ0v) is 17.6. The fourth-order valence-electron chi connectivity index (χ4n) is 3.19. The lowest BCUT2D eigenvalue weighted by atomic mass is 10.0. The molecule has 0 aliphatic carbocycles. The number of carboxylic acid groups (broad SMARTS) is 1. The molecule has 0 aromatic rings. The summed E-state index contributed by atoms with van der Waals surface area (Å²) < 4.78 is 0. The minimum absolute atomic E-state index is 0.107. The molecule has 3 atom stereocenters. The molecule has 0 radical (unpaired) electrons. The average molecular weight is 417 g/mol. The zero-order chi connectivity index (χ0) is 21.3. The van der Waals surface area contributed by atoms with Crippen molar-refractivity contribution in [2.75, 3.05) is 25.1 Å². The van der Waals surface area contributed by atoms with Crippen LogP contribution in [0.15, 0.2) is 0 Å². The third-order valence-electron chi connectivity index (χ3n) is 4.62. The fourth-order valence-corrected chi connectivity index (χ4v) is 3.66.